The zero-order valence-corrected chi connectivity index (χ0v) is 25.8. The molecule has 4 heteroatoms. The molecule has 0 bridgehead atoms. The van der Waals surface area contributed by atoms with Crippen LogP contribution in [-0.2, 0) is 0 Å². The molecular formula is C44H26N4. The van der Waals surface area contributed by atoms with Gasteiger partial charge in [0.05, 0.1) is 44.6 Å². The molecule has 0 aliphatic carbocycles. The average molecular weight is 611 g/mol. The van der Waals surface area contributed by atoms with Crippen molar-refractivity contribution in [3.63, 3.8) is 0 Å². The largest absolute Gasteiger partial charge is 0.309 e. The Bertz CT molecular complexity index is 2760. The molecule has 0 atom stereocenters. The Labute approximate surface area is 277 Å². The van der Waals surface area contributed by atoms with E-state index in [0.29, 0.717) is 11.1 Å². The number of nitrogens with zero attached hydrogens (tertiary/aromatic N) is 4. The van der Waals surface area contributed by atoms with Gasteiger partial charge in [0.25, 0.3) is 0 Å². The van der Waals surface area contributed by atoms with Crippen molar-refractivity contribution in [3.05, 3.63) is 169 Å². The van der Waals surface area contributed by atoms with Crippen molar-refractivity contribution >= 4 is 43.6 Å². The van der Waals surface area contributed by atoms with E-state index >= 15 is 0 Å². The van der Waals surface area contributed by atoms with Crippen molar-refractivity contribution in [2.75, 3.05) is 0 Å². The first kappa shape index (κ1) is 27.4. The van der Waals surface area contributed by atoms with Gasteiger partial charge in [-0.2, -0.15) is 10.5 Å². The van der Waals surface area contributed by atoms with Gasteiger partial charge in [-0.25, -0.2) is 0 Å². The lowest BCUT2D eigenvalue weighted by molar-refractivity contribution is 1.16. The van der Waals surface area contributed by atoms with Gasteiger partial charge in [-0.1, -0.05) is 121 Å². The first-order valence-corrected chi connectivity index (χ1v) is 15.9. The summed E-state index contributed by atoms with van der Waals surface area (Å²) in [5.74, 6) is 0. The van der Waals surface area contributed by atoms with Gasteiger partial charge < -0.3 is 9.13 Å². The van der Waals surface area contributed by atoms with Crippen molar-refractivity contribution in [3.8, 4) is 45.8 Å². The molecule has 0 N–H and O–H groups in total. The highest BCUT2D eigenvalue weighted by atomic mass is 15.0. The van der Waals surface area contributed by atoms with Crippen LogP contribution in [0.3, 0.4) is 0 Å². The summed E-state index contributed by atoms with van der Waals surface area (Å²) in [5.41, 5.74) is 10.9. The van der Waals surface area contributed by atoms with Crippen LogP contribution in [-0.4, -0.2) is 9.13 Å². The maximum Gasteiger partial charge on any atom is 0.102 e. The molecule has 0 aliphatic heterocycles. The summed E-state index contributed by atoms with van der Waals surface area (Å²) in [4.78, 5) is 0. The van der Waals surface area contributed by atoms with E-state index in [2.05, 4.69) is 124 Å². The van der Waals surface area contributed by atoms with E-state index in [1.807, 2.05) is 54.6 Å². The first-order valence-electron chi connectivity index (χ1n) is 15.9. The average Bonchev–Trinajstić information content (AvgIpc) is 3.67. The van der Waals surface area contributed by atoms with E-state index < -0.39 is 0 Å². The Kier molecular flexibility index (Phi) is 6.22. The summed E-state index contributed by atoms with van der Waals surface area (Å²) in [5, 5.41) is 25.5. The van der Waals surface area contributed by atoms with Crippen LogP contribution in [0, 0.1) is 22.7 Å². The lowest BCUT2D eigenvalue weighted by atomic mass is 9.90. The lowest BCUT2D eigenvalue weighted by Gasteiger charge is -2.19. The molecule has 0 amide bonds. The van der Waals surface area contributed by atoms with Gasteiger partial charge in [-0.3, -0.25) is 0 Å². The van der Waals surface area contributed by atoms with Crippen LogP contribution in [0.4, 0.5) is 0 Å². The molecule has 48 heavy (non-hydrogen) atoms. The summed E-state index contributed by atoms with van der Waals surface area (Å²) >= 11 is 0. The minimum Gasteiger partial charge on any atom is -0.309 e. The molecule has 0 saturated heterocycles. The van der Waals surface area contributed by atoms with Gasteiger partial charge in [0.15, 0.2) is 0 Å². The summed E-state index contributed by atoms with van der Waals surface area (Å²) in [6.07, 6.45) is 0. The number of fused-ring (bicyclic) bond motifs is 6. The molecule has 0 saturated carbocycles. The smallest absolute Gasteiger partial charge is 0.102 e. The Morgan fingerprint density at radius 3 is 1.46 bits per heavy atom. The minimum atomic E-state index is 0.551. The molecule has 2 heterocycles. The molecule has 2 aromatic heterocycles. The number of rotatable bonds is 4. The zero-order chi connectivity index (χ0) is 32.2. The van der Waals surface area contributed by atoms with E-state index in [-0.39, 0.29) is 0 Å². The van der Waals surface area contributed by atoms with Crippen LogP contribution >= 0.6 is 0 Å². The first-order chi connectivity index (χ1) is 23.8. The maximum atomic E-state index is 10.9. The van der Waals surface area contributed by atoms with Crippen LogP contribution in [0.15, 0.2) is 158 Å². The Morgan fingerprint density at radius 2 is 0.812 bits per heavy atom. The SMILES string of the molecule is N#Cc1c(-c2ccccc2-c2ccccc2-n2c3ccccc3c3ccccc32)cccc1-n1c2ccccc2c2cccc(C#N)c21. The van der Waals surface area contributed by atoms with E-state index in [0.717, 1.165) is 66.5 Å². The van der Waals surface area contributed by atoms with E-state index in [9.17, 15) is 10.5 Å². The second-order valence-electron chi connectivity index (χ2n) is 11.9. The van der Waals surface area contributed by atoms with E-state index in [1.165, 1.54) is 10.8 Å². The van der Waals surface area contributed by atoms with Crippen LogP contribution in [0.1, 0.15) is 11.1 Å². The van der Waals surface area contributed by atoms with Crippen LogP contribution in [0.25, 0.3) is 77.2 Å². The molecule has 7 aromatic carbocycles. The third-order valence-electron chi connectivity index (χ3n) is 9.44. The van der Waals surface area contributed by atoms with Gasteiger partial charge >= 0.3 is 0 Å². The van der Waals surface area contributed by atoms with Gasteiger partial charge in [-0.05, 0) is 47.5 Å². The number of hydrogen-bond donors (Lipinski definition) is 0. The van der Waals surface area contributed by atoms with Crippen LogP contribution in [0.5, 0.6) is 0 Å². The molecule has 9 aromatic rings. The van der Waals surface area contributed by atoms with Gasteiger partial charge in [0, 0.05) is 32.7 Å². The fourth-order valence-corrected chi connectivity index (χ4v) is 7.46. The normalized spacial score (nSPS) is 11.3. The van der Waals surface area contributed by atoms with Crippen molar-refractivity contribution < 1.29 is 0 Å². The third-order valence-corrected chi connectivity index (χ3v) is 9.44. The molecule has 222 valence electrons. The maximum absolute atomic E-state index is 10.9. The van der Waals surface area contributed by atoms with Crippen molar-refractivity contribution in [1.29, 1.82) is 10.5 Å². The molecule has 9 rings (SSSR count). The second-order valence-corrected chi connectivity index (χ2v) is 11.9. The number of aromatic nitrogens is 2. The molecule has 0 spiro atoms. The summed E-state index contributed by atoms with van der Waals surface area (Å²) in [6.45, 7) is 0. The van der Waals surface area contributed by atoms with E-state index in [1.54, 1.807) is 0 Å². The Morgan fingerprint density at radius 1 is 0.354 bits per heavy atom. The minimum absolute atomic E-state index is 0.551. The Balaban J connectivity index is 1.32. The predicted octanol–water partition coefficient (Wildman–Crippen LogP) is 11.0. The number of hydrogen-bond acceptors (Lipinski definition) is 2. The fourth-order valence-electron chi connectivity index (χ4n) is 7.46. The molecule has 0 unspecified atom stereocenters. The van der Waals surface area contributed by atoms with Crippen molar-refractivity contribution in [1.82, 2.24) is 9.13 Å². The summed E-state index contributed by atoms with van der Waals surface area (Å²) in [6, 6.07) is 58.9. The standard InChI is InChI=1S/C44H26N4/c45-27-29-13-11-21-37-36-19-6-10-25-42(36)48(44(29)37)43-26-12-20-32(38(43)28-46)30-14-1-2-15-31(30)33-16-3-7-22-39(33)47-40-23-8-4-17-34(40)35-18-5-9-24-41(35)47/h1-26H. The summed E-state index contributed by atoms with van der Waals surface area (Å²) in [7, 11) is 0. The molecule has 4 nitrogen and oxygen atoms in total. The zero-order valence-electron chi connectivity index (χ0n) is 25.8. The van der Waals surface area contributed by atoms with Crippen LogP contribution < -0.4 is 0 Å². The topological polar surface area (TPSA) is 57.4 Å². The van der Waals surface area contributed by atoms with E-state index in [4.69, 9.17) is 0 Å². The lowest BCUT2D eigenvalue weighted by Crippen LogP contribution is -2.02. The Hall–Kier alpha value is -6.88. The molecule has 0 aliphatic rings. The van der Waals surface area contributed by atoms with Gasteiger partial charge in [0.1, 0.15) is 12.1 Å². The highest BCUT2D eigenvalue weighted by Gasteiger charge is 2.22. The summed E-state index contributed by atoms with van der Waals surface area (Å²) < 4.78 is 4.43. The highest BCUT2D eigenvalue weighted by molar-refractivity contribution is 6.12. The highest BCUT2D eigenvalue weighted by Crippen LogP contribution is 2.42. The van der Waals surface area contributed by atoms with Gasteiger partial charge in [-0.15, -0.1) is 0 Å². The third kappa shape index (κ3) is 3.94. The number of benzene rings is 7. The predicted molar refractivity (Wildman–Crippen MR) is 195 cm³/mol. The fraction of sp³-hybridized carbons (Fsp3) is 0. The quantitative estimate of drug-likeness (QED) is 0.199. The van der Waals surface area contributed by atoms with Crippen LogP contribution in [0.2, 0.25) is 0 Å². The second kappa shape index (κ2) is 10.9. The number of para-hydroxylation sites is 5. The van der Waals surface area contributed by atoms with Crippen molar-refractivity contribution in [2.45, 2.75) is 0 Å². The molecular weight excluding hydrogens is 585 g/mol. The molecule has 0 fully saturated rings. The number of nitriles is 2. The molecule has 0 radical (unpaired) electrons. The van der Waals surface area contributed by atoms with Crippen molar-refractivity contribution in [2.24, 2.45) is 0 Å². The van der Waals surface area contributed by atoms with Gasteiger partial charge in [0.2, 0.25) is 0 Å². The monoisotopic (exact) mass is 610 g/mol.